The monoisotopic (exact) mass is 1970 g/mol. The van der Waals surface area contributed by atoms with Gasteiger partial charge in [0.2, 0.25) is 41.4 Å². The van der Waals surface area contributed by atoms with Gasteiger partial charge in [0.1, 0.15) is 35.4 Å². The molecule has 0 saturated carbocycles. The second-order valence-corrected chi connectivity index (χ2v) is 39.6. The summed E-state index contributed by atoms with van der Waals surface area (Å²) in [5, 5.41) is 51.6. The van der Waals surface area contributed by atoms with E-state index in [9.17, 15) is 53.2 Å². The first kappa shape index (κ1) is 104. The molecule has 5 atom stereocenters. The summed E-state index contributed by atoms with van der Waals surface area (Å²) in [7, 11) is -2.29. The largest absolute Gasteiger partial charge is 0.488 e. The zero-order valence-corrected chi connectivity index (χ0v) is 81.5. The fourth-order valence-electron chi connectivity index (χ4n) is 15.3. The van der Waals surface area contributed by atoms with Crippen LogP contribution in [-0.4, -0.2) is 186 Å². The Labute approximate surface area is 805 Å². The fraction of sp³-hybridized carbons (Fsp3) is 0.398. The quantitative estimate of drug-likeness (QED) is 0.0377. The minimum atomic E-state index is -1.61. The van der Waals surface area contributed by atoms with Gasteiger partial charge in [-0.25, -0.2) is 9.59 Å². The molecule has 9 aliphatic rings. The number of nitrogens with one attached hydrogen (secondary N) is 9. The number of alkyl carbamates (subject to hydrolysis) is 2. The van der Waals surface area contributed by atoms with Gasteiger partial charge in [0.05, 0.1) is 41.5 Å². The number of anilines is 5. The van der Waals surface area contributed by atoms with Gasteiger partial charge < -0.3 is 91.7 Å². The van der Waals surface area contributed by atoms with Crippen molar-refractivity contribution in [1.29, 1.82) is 0 Å². The minimum Gasteiger partial charge on any atom is -0.423 e. The van der Waals surface area contributed by atoms with Crippen LogP contribution in [0.2, 0.25) is 0 Å². The average Bonchev–Trinajstić information content (AvgIpc) is 1.62. The number of halogens is 2. The van der Waals surface area contributed by atoms with E-state index in [1.54, 1.807) is 71.6 Å². The molecule has 2 fully saturated rings. The topological polar surface area (TPSA) is 446 Å². The molecule has 16 rings (SSSR count). The molecular weight excluding hydrogens is 1850 g/mol. The van der Waals surface area contributed by atoms with Crippen molar-refractivity contribution in [2.24, 2.45) is 15.7 Å². The van der Waals surface area contributed by atoms with E-state index in [1.165, 1.54) is 6.11 Å². The molecule has 14 N–H and O–H groups in total. The van der Waals surface area contributed by atoms with Crippen molar-refractivity contribution in [2.75, 3.05) is 39.7 Å². The van der Waals surface area contributed by atoms with Gasteiger partial charge in [-0.05, 0) is 271 Å². The number of allylic oxidation sites excluding steroid dienone is 2. The van der Waals surface area contributed by atoms with Gasteiger partial charge in [-0.3, -0.25) is 43.5 Å². The molecule has 37 heteroatoms. The van der Waals surface area contributed by atoms with Gasteiger partial charge in [0, 0.05) is 72.8 Å². The second-order valence-electron chi connectivity index (χ2n) is 37.8. The van der Waals surface area contributed by atoms with Crippen molar-refractivity contribution < 1.29 is 91.1 Å². The third-order valence-corrected chi connectivity index (χ3v) is 25.0. The van der Waals surface area contributed by atoms with E-state index in [4.69, 9.17) is 43.6 Å². The molecule has 9 amide bonds. The maximum absolute atomic E-state index is 13.0. The maximum Gasteiger partial charge on any atom is 0.488 e. The first-order valence-corrected chi connectivity index (χ1v) is 46.4. The number of carbonyl (C=O) groups is 9. The molecule has 9 heterocycles. The van der Waals surface area contributed by atoms with Gasteiger partial charge in [-0.1, -0.05) is 141 Å². The summed E-state index contributed by atoms with van der Waals surface area (Å²) >= 11 is 6.75. The van der Waals surface area contributed by atoms with Crippen molar-refractivity contribution in [3.8, 4) is 11.9 Å². The molecule has 7 aromatic rings. The summed E-state index contributed by atoms with van der Waals surface area (Å²) in [6.45, 7) is 27.4. The van der Waals surface area contributed by atoms with Crippen LogP contribution in [0.4, 0.5) is 38.0 Å². The Kier molecular flexibility index (Phi) is 34.8. The molecular formula is C98H116B4Br2N12O19. The van der Waals surface area contributed by atoms with Gasteiger partial charge in [-0.15, -0.1) is 0 Å². The molecule has 2 saturated heterocycles. The third-order valence-electron chi connectivity index (χ3n) is 24.1. The standard InChI is InChI=1S/C28H32BN3O4.C22H22BN3O4.C21H31BN2O5.C15H19BrN2O3.C10H11BrN2O.C2HBO2/c1-27(2)28(3,4)36-29(35-27)21-12-10-19-11-13-23(26(34)32-24(19)16-21)31-25(33)20-15-22(30-17-20)14-18-8-6-5-7-9-18;27-21(16-11-18(24-13-16)10-14-4-2-1-3-5-14)25-19-9-7-15-6-8-17(23(29)30)12-20(15)26-22(19)28;1-19(2,3)27-18(26)24-15-11-9-13-8-10-14(12-16(13)23-17(15)25)22-28-20(4,5)21(6,7)29-22;1-15(2,3)21-14(20)18-11-7-5-9-4-6-10(16)8-12(9)17-13(11)19;11-7-3-1-6-2-4-8(12)10(14)13-9(6)5-7;4-2-1-3-5/h5-10,12,15-16,23H,11,13-14,17H2,1-4H3,(H,31,33)(H,32,34);1-6,8,11-12,19,29-30H,7,9-10,13H2,(H,25,27)(H,26,28);8,10,12,15H,9,11H2,1-7H3,(H,23,25)(H,24,26);4,6,8,11H,5,7H2,1-3H3,(H,17,19)(H,18,20);1,3,5,8H,2,4,12H2,(H,13,14);4H/t23-;19-;15-;11-;8-;/m00000./s1. The Morgan fingerprint density at radius 2 is 0.793 bits per heavy atom. The van der Waals surface area contributed by atoms with Crippen LogP contribution in [0.1, 0.15) is 168 Å². The predicted molar refractivity (Wildman–Crippen MR) is 529 cm³/mol. The van der Waals surface area contributed by atoms with Crippen molar-refractivity contribution in [1.82, 2.24) is 21.3 Å². The zero-order chi connectivity index (χ0) is 98.1. The number of benzene rings is 7. The van der Waals surface area contributed by atoms with E-state index >= 15 is 0 Å². The molecule has 0 radical (unpaired) electrons. The number of nitrogens with two attached hydrogens (primary N) is 1. The van der Waals surface area contributed by atoms with Crippen molar-refractivity contribution >= 4 is 170 Å². The number of aliphatic hydroxyl groups excluding tert-OH is 1. The number of amides is 9. The molecule has 0 unspecified atom stereocenters. The van der Waals surface area contributed by atoms with E-state index in [0.717, 1.165) is 99.4 Å². The number of ether oxygens (including phenoxy) is 2. The molecule has 31 nitrogen and oxygen atoms in total. The molecule has 135 heavy (non-hydrogen) atoms. The van der Waals surface area contributed by atoms with Crippen LogP contribution in [0.15, 0.2) is 194 Å². The molecule has 0 spiro atoms. The molecule has 708 valence electrons. The van der Waals surface area contributed by atoms with Crippen LogP contribution >= 0.6 is 31.9 Å². The first-order chi connectivity index (χ1) is 63.7. The van der Waals surface area contributed by atoms with Crippen LogP contribution in [0.3, 0.4) is 0 Å². The Morgan fingerprint density at radius 3 is 1.13 bits per heavy atom. The van der Waals surface area contributed by atoms with Crippen molar-refractivity contribution in [2.45, 2.75) is 238 Å². The summed E-state index contributed by atoms with van der Waals surface area (Å²) in [5.74, 6) is 0.0679. The molecule has 0 aromatic heterocycles. The average molecular weight is 1970 g/mol. The van der Waals surface area contributed by atoms with Gasteiger partial charge in [-0.2, -0.15) is 0 Å². The van der Waals surface area contributed by atoms with Crippen LogP contribution in [0.25, 0.3) is 0 Å². The Balaban J connectivity index is 0.000000164. The molecule has 7 aromatic carbocycles. The van der Waals surface area contributed by atoms with E-state index in [1.807, 2.05) is 195 Å². The summed E-state index contributed by atoms with van der Waals surface area (Å²) in [6.07, 6.45) is 11.4. The number of rotatable bonds is 13. The third kappa shape index (κ3) is 29.2. The van der Waals surface area contributed by atoms with Crippen LogP contribution in [0, 0.1) is 11.9 Å². The summed E-state index contributed by atoms with van der Waals surface area (Å²) in [5.41, 5.74) is 18.6. The molecule has 0 aliphatic carbocycles. The summed E-state index contributed by atoms with van der Waals surface area (Å²) in [4.78, 5) is 120. The summed E-state index contributed by atoms with van der Waals surface area (Å²) in [6, 6.07) is 45.4. The Morgan fingerprint density at radius 1 is 0.474 bits per heavy atom. The molecule has 0 bridgehead atoms. The maximum atomic E-state index is 13.0. The number of fused-ring (bicyclic) bond motifs is 5. The SMILES string of the molecule is CC(C)(C)OC(=O)N[C@H]1CCc2ccc(B3OC(C)(C)C(C)(C)O3)cc2NC1=O.CC(C)(C)OC(=O)N[C@H]1CCc2ccc(Br)cc2NC1=O.CC1(C)OB(c2ccc3c(c2)NC(=O)[C@@H](NC(=O)C2=CC(Cc4ccccc4)=NC2)CC3)OC1(C)C.N[C@H]1CCc2ccc(Br)cc2NC1=O.O=BC#CO.O=C(N[C@H]1CCc2ccc(B(O)O)cc2NC1=O)C1=CC(Cc2ccccc2)=NC1. The molecule has 9 aliphatic heterocycles. The van der Waals surface area contributed by atoms with Crippen molar-refractivity contribution in [3.05, 3.63) is 223 Å². The van der Waals surface area contributed by atoms with Crippen molar-refractivity contribution in [3.63, 3.8) is 0 Å². The smallest absolute Gasteiger partial charge is 0.423 e. The number of aliphatic imine (C=N–C) groups is 2. The Hall–Kier alpha value is -11.7. The summed E-state index contributed by atoms with van der Waals surface area (Å²) < 4.78 is 46.0. The minimum absolute atomic E-state index is 0.0955. The van der Waals surface area contributed by atoms with Gasteiger partial charge in [0.15, 0.2) is 0 Å². The first-order valence-electron chi connectivity index (χ1n) is 44.8. The van der Waals surface area contributed by atoms with Crippen LogP contribution in [-0.2, 0) is 111 Å². The van der Waals surface area contributed by atoms with E-state index < -0.39 is 91.3 Å². The second kappa shape index (κ2) is 45.3. The van der Waals surface area contributed by atoms with E-state index in [-0.39, 0.29) is 47.4 Å². The van der Waals surface area contributed by atoms with Crippen LogP contribution in [0.5, 0.6) is 0 Å². The number of hydrogen-bond acceptors (Lipinski definition) is 22. The number of aryl methyl sites for hydroxylation is 5. The number of nitrogens with zero attached hydrogens (tertiary/aromatic N) is 2. The normalized spacial score (nSPS) is 20.0. The van der Waals surface area contributed by atoms with Gasteiger partial charge >= 0.3 is 62.4 Å². The van der Waals surface area contributed by atoms with Crippen LogP contribution < -0.4 is 70.0 Å². The van der Waals surface area contributed by atoms with E-state index in [2.05, 4.69) is 89.7 Å². The van der Waals surface area contributed by atoms with Gasteiger partial charge in [0.25, 0.3) is 0 Å². The van der Waals surface area contributed by atoms with E-state index in [0.29, 0.717) is 113 Å². The Bertz CT molecular complexity index is 5760. The fourth-order valence-corrected chi connectivity index (χ4v) is 16.0. The number of aliphatic hydroxyl groups is 1. The number of hydrogen-bond donors (Lipinski definition) is 13. The number of carbonyl (C=O) groups excluding carboxylic acids is 9. The predicted octanol–water partition coefficient (Wildman–Crippen LogP) is 10.3. The zero-order valence-electron chi connectivity index (χ0n) is 78.3.